The second-order valence-corrected chi connectivity index (χ2v) is 10.5. The number of ketones is 1. The number of benzene rings is 2. The van der Waals surface area contributed by atoms with Gasteiger partial charge >= 0.3 is 12.5 Å². The summed E-state index contributed by atoms with van der Waals surface area (Å²) in [6.07, 6.45) is -5.25. The first-order valence-electron chi connectivity index (χ1n) is 12.3. The number of alkyl halides is 3. The van der Waals surface area contributed by atoms with Gasteiger partial charge in [0.2, 0.25) is 11.8 Å². The molecule has 0 radical (unpaired) electrons. The number of alkyl carbamates (subject to hydrolysis) is 1. The van der Waals surface area contributed by atoms with Gasteiger partial charge in [-0.15, -0.1) is 13.2 Å². The van der Waals surface area contributed by atoms with Crippen molar-refractivity contribution in [3.8, 4) is 5.75 Å². The standard InChI is InChI=1S/C27H28F3N3O6/c1-25(2,3)39-24(37)32-26(12-13-26)23(36)31-19-14-21(34)18-6-4-5-7-20(18)33(22(19)35)15-16-8-10-17(11-9-16)38-27(28,29)30/h4-11,19H,12-15H2,1-3H3,(H,31,36)(H,32,37)/t19-/m1/s1. The van der Waals surface area contributed by atoms with Crippen molar-refractivity contribution < 1.29 is 41.8 Å². The van der Waals surface area contributed by atoms with Crippen LogP contribution in [-0.4, -0.2) is 47.2 Å². The van der Waals surface area contributed by atoms with Gasteiger partial charge in [0.25, 0.3) is 0 Å². The van der Waals surface area contributed by atoms with Crippen molar-refractivity contribution in [1.82, 2.24) is 10.6 Å². The number of halogens is 3. The van der Waals surface area contributed by atoms with Crippen LogP contribution in [0.4, 0.5) is 23.7 Å². The molecule has 1 fully saturated rings. The van der Waals surface area contributed by atoms with Gasteiger partial charge in [-0.05, 0) is 63.4 Å². The maximum atomic E-state index is 13.7. The fourth-order valence-corrected chi connectivity index (χ4v) is 4.22. The molecule has 0 unspecified atom stereocenters. The molecule has 2 N–H and O–H groups in total. The van der Waals surface area contributed by atoms with E-state index in [0.717, 1.165) is 12.1 Å². The summed E-state index contributed by atoms with van der Waals surface area (Å²) in [6.45, 7) is 4.98. The molecule has 1 heterocycles. The predicted molar refractivity (Wildman–Crippen MR) is 133 cm³/mol. The van der Waals surface area contributed by atoms with E-state index >= 15 is 0 Å². The van der Waals surface area contributed by atoms with Crippen molar-refractivity contribution in [2.75, 3.05) is 4.90 Å². The highest BCUT2D eigenvalue weighted by Crippen LogP contribution is 2.37. The lowest BCUT2D eigenvalue weighted by atomic mass is 10.0. The Morgan fingerprint density at radius 2 is 1.67 bits per heavy atom. The molecular weight excluding hydrogens is 519 g/mol. The third kappa shape index (κ3) is 6.87. The summed E-state index contributed by atoms with van der Waals surface area (Å²) in [6, 6.07) is 10.2. The second-order valence-electron chi connectivity index (χ2n) is 10.5. The van der Waals surface area contributed by atoms with Crippen LogP contribution in [0.3, 0.4) is 0 Å². The molecule has 0 aromatic heterocycles. The summed E-state index contributed by atoms with van der Waals surface area (Å²) in [5, 5.41) is 5.20. The summed E-state index contributed by atoms with van der Waals surface area (Å²) in [4.78, 5) is 53.5. The number of Topliss-reactive ketones (excluding diaryl/α,β-unsaturated/α-hetero) is 1. The van der Waals surface area contributed by atoms with Gasteiger partial charge in [-0.3, -0.25) is 14.4 Å². The lowest BCUT2D eigenvalue weighted by molar-refractivity contribution is -0.274. The molecule has 12 heteroatoms. The normalized spacial score (nSPS) is 18.5. The van der Waals surface area contributed by atoms with E-state index in [4.69, 9.17) is 4.74 Å². The largest absolute Gasteiger partial charge is 0.573 e. The number of hydrogen-bond acceptors (Lipinski definition) is 6. The highest BCUT2D eigenvalue weighted by molar-refractivity contribution is 6.13. The maximum absolute atomic E-state index is 13.7. The second kappa shape index (κ2) is 10.2. The van der Waals surface area contributed by atoms with Crippen LogP contribution in [-0.2, 0) is 20.9 Å². The van der Waals surface area contributed by atoms with Crippen LogP contribution in [0.5, 0.6) is 5.75 Å². The van der Waals surface area contributed by atoms with Crippen LogP contribution >= 0.6 is 0 Å². The van der Waals surface area contributed by atoms with E-state index < -0.39 is 47.2 Å². The topological polar surface area (TPSA) is 114 Å². The number of hydrogen-bond donors (Lipinski definition) is 2. The number of para-hydroxylation sites is 1. The number of nitrogens with one attached hydrogen (secondary N) is 2. The number of carbonyl (C=O) groups excluding carboxylic acids is 4. The third-order valence-corrected chi connectivity index (χ3v) is 6.18. The Morgan fingerprint density at radius 3 is 2.26 bits per heavy atom. The predicted octanol–water partition coefficient (Wildman–Crippen LogP) is 4.25. The lowest BCUT2D eigenvalue weighted by Gasteiger charge is -2.28. The zero-order chi connectivity index (χ0) is 28.6. The van der Waals surface area contributed by atoms with Crippen molar-refractivity contribution in [3.63, 3.8) is 0 Å². The number of ether oxygens (including phenoxy) is 2. The Morgan fingerprint density at radius 1 is 1.03 bits per heavy atom. The molecule has 4 rings (SSSR count). The Balaban J connectivity index is 1.54. The van der Waals surface area contributed by atoms with Gasteiger partial charge in [0.1, 0.15) is 22.9 Å². The Hall–Kier alpha value is -4.09. The van der Waals surface area contributed by atoms with Crippen LogP contribution in [0.2, 0.25) is 0 Å². The molecule has 2 aromatic carbocycles. The molecule has 1 saturated carbocycles. The first kappa shape index (κ1) is 27.9. The first-order valence-corrected chi connectivity index (χ1v) is 12.3. The summed E-state index contributed by atoms with van der Waals surface area (Å²) < 4.78 is 46.7. The number of amides is 3. The van der Waals surface area contributed by atoms with Crippen molar-refractivity contribution >= 4 is 29.4 Å². The highest BCUT2D eigenvalue weighted by atomic mass is 19.4. The fraction of sp³-hybridized carbons (Fsp3) is 0.407. The van der Waals surface area contributed by atoms with E-state index in [0.29, 0.717) is 24.1 Å². The molecule has 1 aliphatic heterocycles. The number of carbonyl (C=O) groups is 4. The van der Waals surface area contributed by atoms with Crippen molar-refractivity contribution in [3.05, 3.63) is 59.7 Å². The minimum absolute atomic E-state index is 0.0803. The minimum Gasteiger partial charge on any atom is -0.444 e. The molecule has 0 saturated heterocycles. The zero-order valence-electron chi connectivity index (χ0n) is 21.6. The van der Waals surface area contributed by atoms with E-state index in [9.17, 15) is 32.3 Å². The van der Waals surface area contributed by atoms with Crippen LogP contribution in [0.15, 0.2) is 48.5 Å². The maximum Gasteiger partial charge on any atom is 0.573 e. The SMILES string of the molecule is CC(C)(C)OC(=O)NC1(C(=O)N[C@@H]2CC(=O)c3ccccc3N(Cc3ccc(OC(F)(F)F)cc3)C2=O)CC1. The molecule has 208 valence electrons. The zero-order valence-corrected chi connectivity index (χ0v) is 21.6. The number of fused-ring (bicyclic) bond motifs is 1. The van der Waals surface area contributed by atoms with Crippen LogP contribution < -0.4 is 20.3 Å². The van der Waals surface area contributed by atoms with Crippen molar-refractivity contribution in [2.24, 2.45) is 0 Å². The summed E-state index contributed by atoms with van der Waals surface area (Å²) >= 11 is 0. The molecule has 39 heavy (non-hydrogen) atoms. The fourth-order valence-electron chi connectivity index (χ4n) is 4.22. The van der Waals surface area contributed by atoms with E-state index in [1.54, 1.807) is 45.0 Å². The van der Waals surface area contributed by atoms with Gasteiger partial charge in [-0.25, -0.2) is 4.79 Å². The smallest absolute Gasteiger partial charge is 0.444 e. The summed E-state index contributed by atoms with van der Waals surface area (Å²) in [5.41, 5.74) is -0.967. The van der Waals surface area contributed by atoms with Crippen LogP contribution in [0.1, 0.15) is 56.0 Å². The molecule has 2 aromatic rings. The van der Waals surface area contributed by atoms with Gasteiger partial charge < -0.3 is 25.0 Å². The highest BCUT2D eigenvalue weighted by Gasteiger charge is 2.53. The Kier molecular flexibility index (Phi) is 7.33. The van der Waals surface area contributed by atoms with Gasteiger partial charge in [-0.1, -0.05) is 24.3 Å². The van der Waals surface area contributed by atoms with Crippen LogP contribution in [0.25, 0.3) is 0 Å². The minimum atomic E-state index is -4.84. The average molecular weight is 548 g/mol. The lowest BCUT2D eigenvalue weighted by Crippen LogP contribution is -2.56. The molecule has 2 aliphatic rings. The molecule has 0 bridgehead atoms. The first-order chi connectivity index (χ1) is 18.2. The monoisotopic (exact) mass is 547 g/mol. The van der Waals surface area contributed by atoms with Crippen molar-refractivity contribution in [2.45, 2.75) is 70.1 Å². The molecule has 1 atom stereocenters. The number of rotatable bonds is 6. The Bertz CT molecular complexity index is 1280. The Labute approximate surface area is 222 Å². The molecule has 3 amide bonds. The third-order valence-electron chi connectivity index (χ3n) is 6.18. The molecule has 1 aliphatic carbocycles. The van der Waals surface area contributed by atoms with Gasteiger partial charge in [-0.2, -0.15) is 0 Å². The molecular formula is C27H28F3N3O6. The van der Waals surface area contributed by atoms with Gasteiger partial charge in [0.05, 0.1) is 12.2 Å². The van der Waals surface area contributed by atoms with Crippen LogP contribution in [0, 0.1) is 0 Å². The van der Waals surface area contributed by atoms with E-state index in [2.05, 4.69) is 15.4 Å². The molecule has 9 nitrogen and oxygen atoms in total. The van der Waals surface area contributed by atoms with E-state index in [1.807, 2.05) is 0 Å². The van der Waals surface area contributed by atoms with Gasteiger partial charge in [0, 0.05) is 12.0 Å². The van der Waals surface area contributed by atoms with E-state index in [1.165, 1.54) is 17.0 Å². The quantitative estimate of drug-likeness (QED) is 0.559. The number of anilines is 1. The van der Waals surface area contributed by atoms with E-state index in [-0.39, 0.29) is 24.3 Å². The average Bonchev–Trinajstić information content (AvgIpc) is 3.61. The molecule has 0 spiro atoms. The summed E-state index contributed by atoms with van der Waals surface area (Å²) in [5.74, 6) is -1.98. The van der Waals surface area contributed by atoms with Crippen molar-refractivity contribution in [1.29, 1.82) is 0 Å². The summed E-state index contributed by atoms with van der Waals surface area (Å²) in [7, 11) is 0. The number of nitrogens with zero attached hydrogens (tertiary/aromatic N) is 1. The van der Waals surface area contributed by atoms with Gasteiger partial charge in [0.15, 0.2) is 5.78 Å².